The number of sulfonamides is 1. The maximum atomic E-state index is 11.2. The van der Waals surface area contributed by atoms with Gasteiger partial charge in [0.1, 0.15) is 0 Å². The van der Waals surface area contributed by atoms with Crippen molar-refractivity contribution in [1.82, 2.24) is 10.2 Å². The number of anilines is 2. The molecule has 3 aromatic rings. The van der Waals surface area contributed by atoms with Crippen molar-refractivity contribution in [3.05, 3.63) is 53.6 Å². The summed E-state index contributed by atoms with van der Waals surface area (Å²) >= 11 is 8.73. The van der Waals surface area contributed by atoms with Gasteiger partial charge in [0.15, 0.2) is 4.34 Å². The number of rotatable bonds is 5. The molecule has 0 radical (unpaired) electrons. The second-order valence-corrected chi connectivity index (χ2v) is 8.92. The Morgan fingerprint density at radius 1 is 1.04 bits per heavy atom. The number of halogens is 1. The molecule has 0 saturated carbocycles. The molecule has 1 aromatic heterocycles. The maximum absolute atomic E-state index is 11.2. The van der Waals surface area contributed by atoms with Crippen molar-refractivity contribution in [2.75, 3.05) is 5.32 Å². The predicted molar refractivity (Wildman–Crippen MR) is 96.6 cm³/mol. The molecule has 10 heteroatoms. The van der Waals surface area contributed by atoms with E-state index >= 15 is 0 Å². The molecule has 0 unspecified atom stereocenters. The molecule has 3 rings (SSSR count). The minimum absolute atomic E-state index is 0.0595. The van der Waals surface area contributed by atoms with Crippen LogP contribution in [-0.2, 0) is 10.0 Å². The summed E-state index contributed by atoms with van der Waals surface area (Å²) in [5, 5.41) is 17.6. The second-order valence-electron chi connectivity index (χ2n) is 4.62. The Bertz CT molecular complexity index is 941. The first-order chi connectivity index (χ1) is 11.4. The summed E-state index contributed by atoms with van der Waals surface area (Å²) in [5.41, 5.74) is 0.696. The highest BCUT2D eigenvalue weighted by molar-refractivity contribution is 8.01. The lowest BCUT2D eigenvalue weighted by atomic mass is 10.3. The Morgan fingerprint density at radius 3 is 2.33 bits per heavy atom. The van der Waals surface area contributed by atoms with Crippen molar-refractivity contribution in [3.8, 4) is 0 Å². The fourth-order valence-corrected chi connectivity index (χ4v) is 4.14. The van der Waals surface area contributed by atoms with Crippen LogP contribution >= 0.6 is 34.7 Å². The molecule has 0 fully saturated rings. The number of primary sulfonamides is 1. The van der Waals surface area contributed by atoms with Gasteiger partial charge in [-0.2, -0.15) is 0 Å². The van der Waals surface area contributed by atoms with Gasteiger partial charge in [0.2, 0.25) is 15.2 Å². The molecule has 1 heterocycles. The van der Waals surface area contributed by atoms with Crippen LogP contribution in [0.15, 0.2) is 62.7 Å². The minimum atomic E-state index is -3.69. The average molecular weight is 399 g/mol. The predicted octanol–water partition coefficient (Wildman–Crippen LogP) is 3.73. The number of nitrogens with one attached hydrogen (secondary N) is 1. The highest BCUT2D eigenvalue weighted by atomic mass is 35.5. The lowest BCUT2D eigenvalue weighted by Crippen LogP contribution is -2.11. The first-order valence-corrected chi connectivity index (χ1v) is 10.1. The van der Waals surface area contributed by atoms with E-state index in [0.717, 1.165) is 9.24 Å². The van der Waals surface area contributed by atoms with Crippen LogP contribution in [0.3, 0.4) is 0 Å². The molecule has 24 heavy (non-hydrogen) atoms. The van der Waals surface area contributed by atoms with E-state index in [-0.39, 0.29) is 4.90 Å². The fourth-order valence-electron chi connectivity index (χ4n) is 1.76. The molecule has 0 aliphatic heterocycles. The standard InChI is InChI=1S/C14H11ClN4O2S3/c15-9-1-5-11(6-2-9)22-14-19-18-13(23-14)17-10-3-7-12(8-4-10)24(16,20)21/h1-8H,(H,17,18)(H2,16,20,21). The third kappa shape index (κ3) is 4.46. The smallest absolute Gasteiger partial charge is 0.238 e. The molecule has 0 amide bonds. The van der Waals surface area contributed by atoms with Gasteiger partial charge in [-0.05, 0) is 48.5 Å². The summed E-state index contributed by atoms with van der Waals surface area (Å²) < 4.78 is 23.2. The molecule has 0 saturated heterocycles. The summed E-state index contributed by atoms with van der Waals surface area (Å²) in [6, 6.07) is 13.6. The first-order valence-electron chi connectivity index (χ1n) is 6.57. The van der Waals surface area contributed by atoms with E-state index in [0.29, 0.717) is 15.8 Å². The molecule has 2 aromatic carbocycles. The van der Waals surface area contributed by atoms with Crippen LogP contribution in [0.25, 0.3) is 0 Å². The zero-order valence-corrected chi connectivity index (χ0v) is 15.2. The van der Waals surface area contributed by atoms with Crippen molar-refractivity contribution in [1.29, 1.82) is 0 Å². The van der Waals surface area contributed by atoms with Crippen LogP contribution < -0.4 is 10.5 Å². The van der Waals surface area contributed by atoms with Crippen molar-refractivity contribution < 1.29 is 8.42 Å². The summed E-state index contributed by atoms with van der Waals surface area (Å²) in [7, 11) is -3.69. The third-order valence-corrected chi connectivity index (χ3v) is 5.94. The average Bonchev–Trinajstić information content (AvgIpc) is 2.96. The quantitative estimate of drug-likeness (QED) is 0.679. The highest BCUT2D eigenvalue weighted by Gasteiger charge is 2.09. The molecular weight excluding hydrogens is 388 g/mol. The van der Waals surface area contributed by atoms with Crippen LogP contribution in [0.2, 0.25) is 5.02 Å². The molecule has 0 atom stereocenters. The minimum Gasteiger partial charge on any atom is -0.330 e. The first kappa shape index (κ1) is 17.2. The van der Waals surface area contributed by atoms with Gasteiger partial charge in [-0.3, -0.25) is 0 Å². The van der Waals surface area contributed by atoms with E-state index in [1.807, 2.05) is 24.3 Å². The Morgan fingerprint density at radius 2 is 1.71 bits per heavy atom. The highest BCUT2D eigenvalue weighted by Crippen LogP contribution is 2.33. The summed E-state index contributed by atoms with van der Waals surface area (Å²) in [6.07, 6.45) is 0. The molecule has 6 nitrogen and oxygen atoms in total. The van der Waals surface area contributed by atoms with Crippen LogP contribution in [0, 0.1) is 0 Å². The van der Waals surface area contributed by atoms with E-state index in [9.17, 15) is 8.42 Å². The zero-order chi connectivity index (χ0) is 17.2. The molecule has 0 aliphatic rings. The third-order valence-electron chi connectivity index (χ3n) is 2.86. The molecule has 0 aliphatic carbocycles. The van der Waals surface area contributed by atoms with Crippen molar-refractivity contribution in [3.63, 3.8) is 0 Å². The normalized spacial score (nSPS) is 11.4. The Hall–Kier alpha value is -1.65. The number of hydrogen-bond donors (Lipinski definition) is 2. The van der Waals surface area contributed by atoms with Crippen LogP contribution in [-0.4, -0.2) is 18.6 Å². The number of aromatic nitrogens is 2. The van der Waals surface area contributed by atoms with Gasteiger partial charge >= 0.3 is 0 Å². The van der Waals surface area contributed by atoms with E-state index in [1.54, 1.807) is 12.1 Å². The van der Waals surface area contributed by atoms with Crippen molar-refractivity contribution >= 4 is 55.5 Å². The fraction of sp³-hybridized carbons (Fsp3) is 0. The molecule has 0 bridgehead atoms. The Kier molecular flexibility index (Phi) is 5.07. The monoisotopic (exact) mass is 398 g/mol. The Balaban J connectivity index is 1.68. The van der Waals surface area contributed by atoms with Gasteiger partial charge in [-0.1, -0.05) is 34.7 Å². The topological polar surface area (TPSA) is 98.0 Å². The van der Waals surface area contributed by atoms with Crippen LogP contribution in [0.4, 0.5) is 10.8 Å². The van der Waals surface area contributed by atoms with E-state index in [2.05, 4.69) is 15.5 Å². The Labute approximate surface area is 152 Å². The number of nitrogens with two attached hydrogens (primary N) is 1. The summed E-state index contributed by atoms with van der Waals surface area (Å²) in [6.45, 7) is 0. The van der Waals surface area contributed by atoms with E-state index < -0.39 is 10.0 Å². The lowest BCUT2D eigenvalue weighted by Gasteiger charge is -2.02. The van der Waals surface area contributed by atoms with Crippen molar-refractivity contribution in [2.24, 2.45) is 5.14 Å². The van der Waals surface area contributed by atoms with Gasteiger partial charge < -0.3 is 5.32 Å². The number of nitrogens with zero attached hydrogens (tertiary/aromatic N) is 2. The zero-order valence-electron chi connectivity index (χ0n) is 12.0. The molecule has 0 spiro atoms. The second kappa shape index (κ2) is 7.08. The number of benzene rings is 2. The largest absolute Gasteiger partial charge is 0.330 e. The van der Waals surface area contributed by atoms with Crippen LogP contribution in [0.5, 0.6) is 0 Å². The van der Waals surface area contributed by atoms with Gasteiger partial charge in [0, 0.05) is 15.6 Å². The molecule has 3 N–H and O–H groups in total. The SMILES string of the molecule is NS(=O)(=O)c1ccc(Nc2nnc(Sc3ccc(Cl)cc3)s2)cc1. The van der Waals surface area contributed by atoms with Gasteiger partial charge in [0.05, 0.1) is 4.90 Å². The van der Waals surface area contributed by atoms with Gasteiger partial charge in [-0.25, -0.2) is 13.6 Å². The maximum Gasteiger partial charge on any atom is 0.238 e. The van der Waals surface area contributed by atoms with E-state index in [1.165, 1.54) is 35.2 Å². The number of hydrogen-bond acceptors (Lipinski definition) is 7. The molecular formula is C14H11ClN4O2S3. The summed E-state index contributed by atoms with van der Waals surface area (Å²) in [5.74, 6) is 0. The van der Waals surface area contributed by atoms with Gasteiger partial charge in [-0.15, -0.1) is 10.2 Å². The molecule has 124 valence electrons. The van der Waals surface area contributed by atoms with Gasteiger partial charge in [0.25, 0.3) is 0 Å². The van der Waals surface area contributed by atoms with Crippen molar-refractivity contribution in [2.45, 2.75) is 14.1 Å². The van der Waals surface area contributed by atoms with E-state index in [4.69, 9.17) is 16.7 Å². The van der Waals surface area contributed by atoms with Crippen LogP contribution in [0.1, 0.15) is 0 Å². The lowest BCUT2D eigenvalue weighted by molar-refractivity contribution is 0.598. The summed E-state index contributed by atoms with van der Waals surface area (Å²) in [4.78, 5) is 1.07.